The molecule has 118 valence electrons. The maximum absolute atomic E-state index is 12.0. The fourth-order valence-electron chi connectivity index (χ4n) is 3.02. The Kier molecular flexibility index (Phi) is 5.79. The first kappa shape index (κ1) is 16.0. The number of amides is 1. The third-order valence-electron chi connectivity index (χ3n) is 4.43. The topological polar surface area (TPSA) is 69.8 Å². The van der Waals surface area contributed by atoms with Crippen molar-refractivity contribution in [3.8, 4) is 0 Å². The van der Waals surface area contributed by atoms with Crippen LogP contribution in [0.4, 0.5) is 0 Å². The van der Waals surface area contributed by atoms with Gasteiger partial charge in [-0.2, -0.15) is 5.10 Å². The van der Waals surface area contributed by atoms with Crippen molar-refractivity contribution in [2.75, 3.05) is 6.54 Å². The molecule has 2 rings (SSSR count). The smallest absolute Gasteiger partial charge is 0.237 e. The van der Waals surface area contributed by atoms with Crippen LogP contribution in [0.3, 0.4) is 0 Å². The van der Waals surface area contributed by atoms with Crippen molar-refractivity contribution in [1.29, 1.82) is 0 Å². The number of hydrogen-bond acceptors (Lipinski definition) is 3. The molecule has 1 aromatic heterocycles. The molecule has 0 unspecified atom stereocenters. The van der Waals surface area contributed by atoms with E-state index in [1.54, 1.807) is 0 Å². The Morgan fingerprint density at radius 1 is 1.38 bits per heavy atom. The van der Waals surface area contributed by atoms with Gasteiger partial charge in [0.1, 0.15) is 0 Å². The molecule has 5 nitrogen and oxygen atoms in total. The van der Waals surface area contributed by atoms with Crippen LogP contribution >= 0.6 is 0 Å². The summed E-state index contributed by atoms with van der Waals surface area (Å²) in [6.07, 6.45) is 6.78. The van der Waals surface area contributed by atoms with Crippen LogP contribution in [0.25, 0.3) is 0 Å². The van der Waals surface area contributed by atoms with Gasteiger partial charge in [0.05, 0.1) is 11.7 Å². The Bertz CT molecular complexity index is 443. The standard InChI is InChI=1S/C16H28N4O/c1-11-15(12(2)20-19-11)9-6-10-17-13(3)16(21)18-14-7-4-5-8-14/h13-14,17H,4-10H2,1-3H3,(H,18,21)(H,19,20)/t13-/m1/s1. The number of aryl methyl sites for hydroxylation is 2. The van der Waals surface area contributed by atoms with Crippen LogP contribution in [0.2, 0.25) is 0 Å². The minimum atomic E-state index is -0.114. The summed E-state index contributed by atoms with van der Waals surface area (Å²) in [5.74, 6) is 0.137. The van der Waals surface area contributed by atoms with E-state index in [2.05, 4.69) is 27.8 Å². The van der Waals surface area contributed by atoms with Gasteiger partial charge in [0.2, 0.25) is 5.91 Å². The summed E-state index contributed by atoms with van der Waals surface area (Å²) < 4.78 is 0. The number of hydrogen-bond donors (Lipinski definition) is 3. The molecule has 21 heavy (non-hydrogen) atoms. The lowest BCUT2D eigenvalue weighted by Crippen LogP contribution is -2.45. The third-order valence-corrected chi connectivity index (χ3v) is 4.43. The summed E-state index contributed by atoms with van der Waals surface area (Å²) >= 11 is 0. The minimum absolute atomic E-state index is 0.114. The van der Waals surface area contributed by atoms with Crippen molar-refractivity contribution in [3.63, 3.8) is 0 Å². The van der Waals surface area contributed by atoms with Crippen LogP contribution in [0, 0.1) is 13.8 Å². The molecule has 0 radical (unpaired) electrons. The SMILES string of the molecule is Cc1n[nH]c(C)c1CCCN[C@H](C)C(=O)NC1CCCC1. The van der Waals surface area contributed by atoms with E-state index in [1.165, 1.54) is 18.4 Å². The van der Waals surface area contributed by atoms with Crippen LogP contribution < -0.4 is 10.6 Å². The number of carbonyl (C=O) groups is 1. The van der Waals surface area contributed by atoms with Crippen LogP contribution in [-0.2, 0) is 11.2 Å². The first-order valence-corrected chi connectivity index (χ1v) is 8.12. The van der Waals surface area contributed by atoms with Crippen molar-refractivity contribution >= 4 is 5.91 Å². The Balaban J connectivity index is 1.64. The van der Waals surface area contributed by atoms with Crippen molar-refractivity contribution in [1.82, 2.24) is 20.8 Å². The van der Waals surface area contributed by atoms with Crippen LogP contribution in [0.15, 0.2) is 0 Å². The number of carbonyl (C=O) groups excluding carboxylic acids is 1. The Morgan fingerprint density at radius 3 is 2.71 bits per heavy atom. The van der Waals surface area contributed by atoms with Gasteiger partial charge < -0.3 is 10.6 Å². The van der Waals surface area contributed by atoms with Gasteiger partial charge in [0, 0.05) is 11.7 Å². The van der Waals surface area contributed by atoms with Gasteiger partial charge in [-0.25, -0.2) is 0 Å². The second-order valence-corrected chi connectivity index (χ2v) is 6.18. The zero-order valence-electron chi connectivity index (χ0n) is 13.5. The third kappa shape index (κ3) is 4.56. The number of rotatable bonds is 7. The number of nitrogens with zero attached hydrogens (tertiary/aromatic N) is 1. The molecule has 3 N–H and O–H groups in total. The summed E-state index contributed by atoms with van der Waals surface area (Å²) in [4.78, 5) is 12.0. The van der Waals surface area contributed by atoms with Gasteiger partial charge in [-0.15, -0.1) is 0 Å². The van der Waals surface area contributed by atoms with Gasteiger partial charge in [-0.05, 0) is 58.6 Å². The van der Waals surface area contributed by atoms with Gasteiger partial charge in [-0.1, -0.05) is 12.8 Å². The van der Waals surface area contributed by atoms with Gasteiger partial charge in [-0.3, -0.25) is 9.89 Å². The summed E-state index contributed by atoms with van der Waals surface area (Å²) in [6.45, 7) is 6.88. The van der Waals surface area contributed by atoms with Crippen molar-refractivity contribution in [3.05, 3.63) is 17.0 Å². The monoisotopic (exact) mass is 292 g/mol. The van der Waals surface area contributed by atoms with E-state index in [-0.39, 0.29) is 11.9 Å². The average Bonchev–Trinajstić information content (AvgIpc) is 3.07. The van der Waals surface area contributed by atoms with E-state index in [4.69, 9.17) is 0 Å². The summed E-state index contributed by atoms with van der Waals surface area (Å²) in [6, 6.07) is 0.287. The Labute approximate surface area is 127 Å². The Hall–Kier alpha value is -1.36. The first-order chi connectivity index (χ1) is 10.1. The Morgan fingerprint density at radius 2 is 2.10 bits per heavy atom. The maximum Gasteiger partial charge on any atom is 0.237 e. The molecule has 1 fully saturated rings. The average molecular weight is 292 g/mol. The molecule has 0 aromatic carbocycles. The summed E-state index contributed by atoms with van der Waals surface area (Å²) in [5.41, 5.74) is 3.54. The quantitative estimate of drug-likeness (QED) is 0.673. The van der Waals surface area contributed by atoms with Gasteiger partial charge in [0.25, 0.3) is 0 Å². The molecule has 1 aliphatic carbocycles. The molecule has 1 heterocycles. The summed E-state index contributed by atoms with van der Waals surface area (Å²) in [5, 5.41) is 13.7. The highest BCUT2D eigenvalue weighted by atomic mass is 16.2. The zero-order chi connectivity index (χ0) is 15.2. The highest BCUT2D eigenvalue weighted by Gasteiger charge is 2.20. The van der Waals surface area contributed by atoms with Crippen molar-refractivity contribution < 1.29 is 4.79 Å². The maximum atomic E-state index is 12.0. The van der Waals surface area contributed by atoms with E-state index in [9.17, 15) is 4.79 Å². The zero-order valence-corrected chi connectivity index (χ0v) is 13.5. The predicted molar refractivity (Wildman–Crippen MR) is 84.2 cm³/mol. The lowest BCUT2D eigenvalue weighted by molar-refractivity contribution is -0.123. The van der Waals surface area contributed by atoms with Crippen molar-refractivity contribution in [2.24, 2.45) is 0 Å². The normalized spacial score (nSPS) is 17.1. The number of aromatic nitrogens is 2. The van der Waals surface area contributed by atoms with Gasteiger partial charge >= 0.3 is 0 Å². The lowest BCUT2D eigenvalue weighted by Gasteiger charge is -2.17. The van der Waals surface area contributed by atoms with E-state index in [1.807, 2.05) is 13.8 Å². The van der Waals surface area contributed by atoms with Crippen LogP contribution in [0.1, 0.15) is 56.0 Å². The van der Waals surface area contributed by atoms with E-state index in [0.29, 0.717) is 6.04 Å². The fraction of sp³-hybridized carbons (Fsp3) is 0.750. The van der Waals surface area contributed by atoms with E-state index >= 15 is 0 Å². The van der Waals surface area contributed by atoms with E-state index < -0.39 is 0 Å². The molecule has 1 aliphatic rings. The lowest BCUT2D eigenvalue weighted by atomic mass is 10.1. The largest absolute Gasteiger partial charge is 0.352 e. The number of H-pyrrole nitrogens is 1. The number of aromatic amines is 1. The first-order valence-electron chi connectivity index (χ1n) is 8.12. The molecule has 5 heteroatoms. The van der Waals surface area contributed by atoms with Crippen molar-refractivity contribution in [2.45, 2.75) is 71.4 Å². The van der Waals surface area contributed by atoms with Crippen LogP contribution in [0.5, 0.6) is 0 Å². The molecular weight excluding hydrogens is 264 g/mol. The fourth-order valence-corrected chi connectivity index (χ4v) is 3.02. The molecular formula is C16H28N4O. The molecule has 0 aliphatic heterocycles. The molecule has 1 aromatic rings. The second kappa shape index (κ2) is 7.59. The van der Waals surface area contributed by atoms with Crippen LogP contribution in [-0.4, -0.2) is 34.7 Å². The molecule has 0 spiro atoms. The molecule has 0 bridgehead atoms. The molecule has 1 atom stereocenters. The second-order valence-electron chi connectivity index (χ2n) is 6.18. The summed E-state index contributed by atoms with van der Waals surface area (Å²) in [7, 11) is 0. The molecule has 1 amide bonds. The predicted octanol–water partition coefficient (Wildman–Crippen LogP) is 2.00. The minimum Gasteiger partial charge on any atom is -0.352 e. The highest BCUT2D eigenvalue weighted by molar-refractivity contribution is 5.81. The number of nitrogens with one attached hydrogen (secondary N) is 3. The molecule has 0 saturated heterocycles. The molecule has 1 saturated carbocycles. The van der Waals surface area contributed by atoms with Gasteiger partial charge in [0.15, 0.2) is 0 Å². The van der Waals surface area contributed by atoms with E-state index in [0.717, 1.165) is 43.6 Å². The highest BCUT2D eigenvalue weighted by Crippen LogP contribution is 2.17.